The average Bonchev–Trinajstić information content (AvgIpc) is 2.29. The smallest absolute Gasteiger partial charge is 0.0923 e. The zero-order chi connectivity index (χ0) is 10.7. The van der Waals surface area contributed by atoms with Crippen molar-refractivity contribution in [1.29, 1.82) is 0 Å². The van der Waals surface area contributed by atoms with E-state index < -0.39 is 0 Å². The highest BCUT2D eigenvalue weighted by atomic mass is 32.1. The van der Waals surface area contributed by atoms with Crippen LogP contribution in [0.2, 0.25) is 0 Å². The fraction of sp³-hybridized carbons (Fsp3) is 0.167. The van der Waals surface area contributed by atoms with E-state index in [1.807, 2.05) is 18.2 Å². The summed E-state index contributed by atoms with van der Waals surface area (Å²) in [5.41, 5.74) is 2.31. The molecule has 0 fully saturated rings. The lowest BCUT2D eigenvalue weighted by molar-refractivity contribution is 0.701. The highest BCUT2D eigenvalue weighted by Crippen LogP contribution is 2.21. The number of thiocarbonyl (C=S) groups is 1. The maximum atomic E-state index is 10.6. The first-order chi connectivity index (χ1) is 7.29. The summed E-state index contributed by atoms with van der Waals surface area (Å²) in [6, 6.07) is 0. The molecule has 0 atom stereocenters. The zero-order valence-corrected chi connectivity index (χ0v) is 9.74. The Balaban J connectivity index is 2.24. The second-order valence-corrected chi connectivity index (χ2v) is 4.63. The van der Waals surface area contributed by atoms with Gasteiger partial charge >= 0.3 is 0 Å². The van der Waals surface area contributed by atoms with Gasteiger partial charge in [0.15, 0.2) is 0 Å². The van der Waals surface area contributed by atoms with E-state index in [2.05, 4.69) is 18.2 Å². The zero-order valence-electron chi connectivity index (χ0n) is 8.10. The lowest BCUT2D eigenvalue weighted by Crippen LogP contribution is -2.01. The Morgan fingerprint density at radius 1 is 1.13 bits per heavy atom. The highest BCUT2D eigenvalue weighted by molar-refractivity contribution is 7.80. The first kappa shape index (κ1) is 10.5. The van der Waals surface area contributed by atoms with E-state index in [4.69, 9.17) is 12.2 Å². The van der Waals surface area contributed by atoms with Crippen LogP contribution >= 0.6 is 12.2 Å². The van der Waals surface area contributed by atoms with Crippen molar-refractivity contribution in [2.24, 2.45) is 0 Å². The summed E-state index contributed by atoms with van der Waals surface area (Å²) in [5.74, 6) is 0. The van der Waals surface area contributed by atoms with Gasteiger partial charge in [0.1, 0.15) is 0 Å². The Kier molecular flexibility index (Phi) is 3.23. The van der Waals surface area contributed by atoms with Crippen molar-refractivity contribution >= 4 is 33.2 Å². The van der Waals surface area contributed by atoms with E-state index in [0.29, 0.717) is 11.3 Å². The molecule has 0 amide bonds. The van der Waals surface area contributed by atoms with E-state index >= 15 is 0 Å². The quantitative estimate of drug-likeness (QED) is 0.648. The van der Waals surface area contributed by atoms with Gasteiger partial charge in [0, 0.05) is 22.6 Å². The summed E-state index contributed by atoms with van der Waals surface area (Å²) in [4.78, 5) is 1.83. The Bertz CT molecular complexity index is 472. The first-order valence-corrected chi connectivity index (χ1v) is 5.90. The maximum absolute atomic E-state index is 10.6. The number of hydrogen-bond acceptors (Lipinski definition) is 2. The largest absolute Gasteiger partial charge is 0.212 e. The van der Waals surface area contributed by atoms with Crippen molar-refractivity contribution in [1.82, 2.24) is 0 Å². The molecule has 0 spiro atoms. The third kappa shape index (κ3) is 2.49. The number of allylic oxidation sites excluding steroid dienone is 8. The molecule has 3 heteroatoms. The van der Waals surface area contributed by atoms with Crippen LogP contribution in [0.15, 0.2) is 47.6 Å². The van der Waals surface area contributed by atoms with Crippen LogP contribution in [0.3, 0.4) is 0 Å². The topological polar surface area (TPSA) is 17.1 Å². The van der Waals surface area contributed by atoms with Crippen LogP contribution in [-0.2, 0) is 11.3 Å². The van der Waals surface area contributed by atoms with E-state index in [1.54, 1.807) is 0 Å². The highest BCUT2D eigenvalue weighted by Gasteiger charge is 2.08. The van der Waals surface area contributed by atoms with Crippen LogP contribution in [0.25, 0.3) is 0 Å². The van der Waals surface area contributed by atoms with Gasteiger partial charge in [-0.1, -0.05) is 36.5 Å². The standard InChI is InChI=1S/C12H10OS2/c13-15-12-6-4-9(5-7-12)10-2-1-3-11(14)8-10/h1-2,4-6,8H,3,7H2. The molecule has 0 bridgehead atoms. The molecular weight excluding hydrogens is 224 g/mol. The Morgan fingerprint density at radius 3 is 2.60 bits per heavy atom. The first-order valence-electron chi connectivity index (χ1n) is 4.75. The molecule has 2 rings (SSSR count). The molecule has 0 heterocycles. The minimum absolute atomic E-state index is 0.567. The van der Waals surface area contributed by atoms with Crippen LogP contribution in [-0.4, -0.2) is 13.9 Å². The van der Waals surface area contributed by atoms with Crippen molar-refractivity contribution < 1.29 is 4.21 Å². The van der Waals surface area contributed by atoms with E-state index in [-0.39, 0.29) is 0 Å². The summed E-state index contributed by atoms with van der Waals surface area (Å²) in [6.45, 7) is 0. The second-order valence-electron chi connectivity index (χ2n) is 3.42. The molecule has 0 aromatic rings. The summed E-state index contributed by atoms with van der Waals surface area (Å²) in [5, 5.41) is 0. The molecule has 1 nitrogen and oxygen atoms in total. The van der Waals surface area contributed by atoms with Gasteiger partial charge in [-0.3, -0.25) is 0 Å². The third-order valence-corrected chi connectivity index (χ3v) is 3.15. The molecule has 2 aliphatic carbocycles. The molecule has 0 aromatic heterocycles. The molecule has 0 radical (unpaired) electrons. The van der Waals surface area contributed by atoms with Crippen molar-refractivity contribution in [2.45, 2.75) is 12.8 Å². The van der Waals surface area contributed by atoms with Gasteiger partial charge in [0.25, 0.3) is 0 Å². The fourth-order valence-electron chi connectivity index (χ4n) is 1.57. The number of rotatable bonds is 1. The molecule has 0 N–H and O–H groups in total. The van der Waals surface area contributed by atoms with E-state index in [0.717, 1.165) is 33.7 Å². The predicted molar refractivity (Wildman–Crippen MR) is 69.4 cm³/mol. The summed E-state index contributed by atoms with van der Waals surface area (Å²) in [7, 11) is 0. The Morgan fingerprint density at radius 2 is 2.00 bits per heavy atom. The van der Waals surface area contributed by atoms with Crippen LogP contribution in [0.1, 0.15) is 12.8 Å². The van der Waals surface area contributed by atoms with Crippen LogP contribution in [0.4, 0.5) is 0 Å². The van der Waals surface area contributed by atoms with Crippen molar-refractivity contribution in [2.75, 3.05) is 0 Å². The Hall–Kier alpha value is -1.06. The van der Waals surface area contributed by atoms with Gasteiger partial charge in [-0.2, -0.15) is 0 Å². The van der Waals surface area contributed by atoms with Crippen molar-refractivity contribution in [3.8, 4) is 0 Å². The SMILES string of the molecule is O=S=C1C=CC(C2=CC(=S)CC=C2)=CC1. The van der Waals surface area contributed by atoms with Gasteiger partial charge in [0.2, 0.25) is 0 Å². The molecule has 0 saturated heterocycles. The van der Waals surface area contributed by atoms with Gasteiger partial charge in [-0.25, -0.2) is 4.21 Å². The molecule has 0 saturated carbocycles. The average molecular weight is 234 g/mol. The molecule has 2 aliphatic rings. The monoisotopic (exact) mass is 234 g/mol. The third-order valence-electron chi connectivity index (χ3n) is 2.35. The molecular formula is C12H10OS2. The van der Waals surface area contributed by atoms with E-state index in [1.165, 1.54) is 0 Å². The van der Waals surface area contributed by atoms with Crippen LogP contribution in [0, 0.1) is 0 Å². The Labute approximate surface area is 98.0 Å². The minimum atomic E-state index is 0.567. The number of hydrogen-bond donors (Lipinski definition) is 0. The second kappa shape index (κ2) is 4.64. The lowest BCUT2D eigenvalue weighted by Gasteiger charge is -2.11. The molecule has 0 aromatic carbocycles. The van der Waals surface area contributed by atoms with E-state index in [9.17, 15) is 4.21 Å². The van der Waals surface area contributed by atoms with Gasteiger partial charge in [-0.05, 0) is 23.3 Å². The fourth-order valence-corrected chi connectivity index (χ4v) is 2.07. The van der Waals surface area contributed by atoms with Crippen molar-refractivity contribution in [3.05, 3.63) is 47.6 Å². The van der Waals surface area contributed by atoms with Crippen molar-refractivity contribution in [3.63, 3.8) is 0 Å². The summed E-state index contributed by atoms with van der Waals surface area (Å²) >= 11 is 5.73. The lowest BCUT2D eigenvalue weighted by atomic mass is 9.95. The maximum Gasteiger partial charge on any atom is 0.0923 e. The molecule has 0 aliphatic heterocycles. The van der Waals surface area contributed by atoms with Crippen LogP contribution in [0.5, 0.6) is 0 Å². The normalized spacial score (nSPS) is 20.0. The van der Waals surface area contributed by atoms with Gasteiger partial charge < -0.3 is 0 Å². The predicted octanol–water partition coefficient (Wildman–Crippen LogP) is 2.51. The van der Waals surface area contributed by atoms with Gasteiger partial charge in [-0.15, -0.1) is 0 Å². The molecule has 76 valence electrons. The van der Waals surface area contributed by atoms with Gasteiger partial charge in [0.05, 0.1) is 11.3 Å². The minimum Gasteiger partial charge on any atom is -0.212 e. The molecule has 15 heavy (non-hydrogen) atoms. The summed E-state index contributed by atoms with van der Waals surface area (Å²) in [6.07, 6.45) is 13.7. The van der Waals surface area contributed by atoms with Crippen LogP contribution < -0.4 is 0 Å². The molecule has 0 unspecified atom stereocenters. The summed E-state index contributed by atoms with van der Waals surface area (Å²) < 4.78 is 10.6.